The largest absolute Gasteiger partial charge is 0.497 e. The van der Waals surface area contributed by atoms with Crippen molar-refractivity contribution in [1.29, 1.82) is 0 Å². The zero-order chi connectivity index (χ0) is 22.2. The Bertz CT molecular complexity index is 878. The van der Waals surface area contributed by atoms with Crippen LogP contribution in [0.4, 0.5) is 0 Å². The van der Waals surface area contributed by atoms with Gasteiger partial charge in [-0.3, -0.25) is 9.89 Å². The lowest BCUT2D eigenvalue weighted by molar-refractivity contribution is 0.321. The highest BCUT2D eigenvalue weighted by atomic mass is 16.5. The summed E-state index contributed by atoms with van der Waals surface area (Å²) in [4.78, 5) is 6.83. The first-order chi connectivity index (χ1) is 15.0. The van der Waals surface area contributed by atoms with E-state index in [0.717, 1.165) is 49.3 Å². The van der Waals surface area contributed by atoms with Crippen LogP contribution in [-0.2, 0) is 13.1 Å². The number of rotatable bonds is 8. The van der Waals surface area contributed by atoms with Crippen LogP contribution in [0, 0.1) is 6.92 Å². The minimum absolute atomic E-state index is 0.353. The van der Waals surface area contributed by atoms with E-state index in [1.165, 1.54) is 16.7 Å². The Labute approximate surface area is 185 Å². The van der Waals surface area contributed by atoms with Gasteiger partial charge in [-0.1, -0.05) is 6.07 Å². The summed E-state index contributed by atoms with van der Waals surface area (Å²) in [6.45, 7) is 5.62. The number of aliphatic imine (C=N–C) groups is 1. The summed E-state index contributed by atoms with van der Waals surface area (Å²) in [5.74, 6) is 3.33. The van der Waals surface area contributed by atoms with Gasteiger partial charge in [-0.25, -0.2) is 0 Å². The molecule has 0 aliphatic carbocycles. The van der Waals surface area contributed by atoms with Crippen molar-refractivity contribution < 1.29 is 14.2 Å². The van der Waals surface area contributed by atoms with Crippen molar-refractivity contribution in [2.24, 2.45) is 4.99 Å². The number of aryl methyl sites for hydroxylation is 1. The number of nitrogens with one attached hydrogen (secondary N) is 2. The minimum Gasteiger partial charge on any atom is -0.497 e. The molecule has 7 heteroatoms. The molecule has 2 aromatic carbocycles. The average molecular weight is 427 g/mol. The molecule has 2 N–H and O–H groups in total. The molecule has 0 bridgehead atoms. The number of likely N-dealkylation sites (tertiary alicyclic amines) is 1. The van der Waals surface area contributed by atoms with E-state index in [-0.39, 0.29) is 0 Å². The van der Waals surface area contributed by atoms with E-state index in [4.69, 9.17) is 14.2 Å². The third-order valence-electron chi connectivity index (χ3n) is 5.46. The topological polar surface area (TPSA) is 67.4 Å². The highest BCUT2D eigenvalue weighted by molar-refractivity contribution is 5.80. The van der Waals surface area contributed by atoms with Gasteiger partial charge in [0.25, 0.3) is 0 Å². The average Bonchev–Trinajstić information content (AvgIpc) is 3.22. The van der Waals surface area contributed by atoms with Crippen LogP contribution in [0.1, 0.15) is 23.1 Å². The van der Waals surface area contributed by atoms with E-state index < -0.39 is 0 Å². The molecule has 7 nitrogen and oxygen atoms in total. The van der Waals surface area contributed by atoms with Crippen molar-refractivity contribution >= 4 is 5.96 Å². The van der Waals surface area contributed by atoms with Crippen LogP contribution in [0.3, 0.4) is 0 Å². The zero-order valence-electron chi connectivity index (χ0n) is 19.2. The fraction of sp³-hybridized carbons (Fsp3) is 0.458. The third kappa shape index (κ3) is 6.52. The fourth-order valence-electron chi connectivity index (χ4n) is 3.93. The van der Waals surface area contributed by atoms with Crippen molar-refractivity contribution in [2.75, 3.05) is 41.5 Å². The maximum Gasteiger partial charge on any atom is 0.191 e. The number of hydrogen-bond acceptors (Lipinski definition) is 5. The Hall–Kier alpha value is -2.93. The first kappa shape index (κ1) is 22.7. The number of methoxy groups -OCH3 is 3. The summed E-state index contributed by atoms with van der Waals surface area (Å²) in [6.07, 6.45) is 1.07. The smallest absolute Gasteiger partial charge is 0.191 e. The molecule has 0 radical (unpaired) electrons. The molecule has 1 fully saturated rings. The van der Waals surface area contributed by atoms with E-state index in [1.807, 2.05) is 18.2 Å². The molecule has 1 aliphatic rings. The van der Waals surface area contributed by atoms with Crippen LogP contribution >= 0.6 is 0 Å². The number of benzene rings is 2. The van der Waals surface area contributed by atoms with Crippen LogP contribution in [0.2, 0.25) is 0 Å². The van der Waals surface area contributed by atoms with Gasteiger partial charge in [-0.15, -0.1) is 0 Å². The van der Waals surface area contributed by atoms with Crippen LogP contribution in [0.25, 0.3) is 0 Å². The highest BCUT2D eigenvalue weighted by Crippen LogP contribution is 2.24. The molecule has 1 unspecified atom stereocenters. The van der Waals surface area contributed by atoms with Crippen LogP contribution in [0.5, 0.6) is 17.2 Å². The summed E-state index contributed by atoms with van der Waals surface area (Å²) < 4.78 is 16.2. The Morgan fingerprint density at radius 1 is 0.968 bits per heavy atom. The second-order valence-corrected chi connectivity index (χ2v) is 7.87. The predicted octanol–water partition coefficient (Wildman–Crippen LogP) is 2.96. The van der Waals surface area contributed by atoms with Gasteiger partial charge in [0.1, 0.15) is 17.2 Å². The van der Waals surface area contributed by atoms with Gasteiger partial charge in [0.15, 0.2) is 5.96 Å². The molecule has 3 rings (SSSR count). The SMILES string of the molecule is CN=C(NCc1cc(C)cc(OC)c1)NC1CCN(Cc2cc(OC)cc(OC)c2)C1. The lowest BCUT2D eigenvalue weighted by Gasteiger charge is -2.19. The van der Waals surface area contributed by atoms with Gasteiger partial charge in [0.05, 0.1) is 21.3 Å². The Morgan fingerprint density at radius 3 is 2.26 bits per heavy atom. The quantitative estimate of drug-likeness (QED) is 0.500. The van der Waals surface area contributed by atoms with Gasteiger partial charge >= 0.3 is 0 Å². The van der Waals surface area contributed by atoms with Crippen molar-refractivity contribution in [3.8, 4) is 17.2 Å². The first-order valence-corrected chi connectivity index (χ1v) is 10.6. The molecule has 1 atom stereocenters. The minimum atomic E-state index is 0.353. The van der Waals surface area contributed by atoms with E-state index in [9.17, 15) is 0 Å². The first-order valence-electron chi connectivity index (χ1n) is 10.6. The lowest BCUT2D eigenvalue weighted by atomic mass is 10.1. The number of guanidine groups is 1. The molecule has 0 amide bonds. The third-order valence-corrected chi connectivity index (χ3v) is 5.46. The van der Waals surface area contributed by atoms with Crippen molar-refractivity contribution in [2.45, 2.75) is 32.5 Å². The summed E-state index contributed by atoms with van der Waals surface area (Å²) >= 11 is 0. The summed E-state index contributed by atoms with van der Waals surface area (Å²) in [5, 5.41) is 6.97. The molecule has 0 spiro atoms. The molecule has 31 heavy (non-hydrogen) atoms. The molecule has 1 heterocycles. The lowest BCUT2D eigenvalue weighted by Crippen LogP contribution is -2.44. The maximum atomic E-state index is 5.39. The van der Waals surface area contributed by atoms with E-state index in [2.05, 4.69) is 45.6 Å². The molecule has 0 aromatic heterocycles. The zero-order valence-corrected chi connectivity index (χ0v) is 19.2. The van der Waals surface area contributed by atoms with Crippen LogP contribution in [-0.4, -0.2) is 58.4 Å². The van der Waals surface area contributed by atoms with Crippen LogP contribution < -0.4 is 24.8 Å². The second kappa shape index (κ2) is 10.9. The molecular weight excluding hydrogens is 392 g/mol. The van der Waals surface area contributed by atoms with Crippen molar-refractivity contribution in [1.82, 2.24) is 15.5 Å². The molecule has 2 aromatic rings. The fourth-order valence-corrected chi connectivity index (χ4v) is 3.93. The Kier molecular flexibility index (Phi) is 8.00. The molecule has 0 saturated carbocycles. The number of hydrogen-bond donors (Lipinski definition) is 2. The highest BCUT2D eigenvalue weighted by Gasteiger charge is 2.23. The Morgan fingerprint density at radius 2 is 1.61 bits per heavy atom. The summed E-state index contributed by atoms with van der Waals surface area (Å²) in [5.41, 5.74) is 3.53. The second-order valence-electron chi connectivity index (χ2n) is 7.87. The summed E-state index contributed by atoms with van der Waals surface area (Å²) in [7, 11) is 6.86. The maximum absolute atomic E-state index is 5.39. The van der Waals surface area contributed by atoms with Gasteiger partial charge in [-0.05, 0) is 54.3 Å². The van der Waals surface area contributed by atoms with E-state index >= 15 is 0 Å². The standard InChI is InChI=1S/C24H34N4O3/c1-17-8-18(10-21(9-17)29-3)14-26-24(25-2)27-20-6-7-28(16-20)15-19-11-22(30-4)13-23(12-19)31-5/h8-13,20H,6-7,14-16H2,1-5H3,(H2,25,26,27). The van der Waals surface area contributed by atoms with Crippen molar-refractivity contribution in [3.05, 3.63) is 53.1 Å². The van der Waals surface area contributed by atoms with Gasteiger partial charge < -0.3 is 24.8 Å². The predicted molar refractivity (Wildman–Crippen MR) is 124 cm³/mol. The van der Waals surface area contributed by atoms with E-state index in [1.54, 1.807) is 28.4 Å². The van der Waals surface area contributed by atoms with E-state index in [0.29, 0.717) is 12.6 Å². The molecule has 1 saturated heterocycles. The molecule has 1 aliphatic heterocycles. The number of nitrogens with zero attached hydrogens (tertiary/aromatic N) is 2. The van der Waals surface area contributed by atoms with Crippen LogP contribution in [0.15, 0.2) is 41.4 Å². The van der Waals surface area contributed by atoms with Gasteiger partial charge in [0, 0.05) is 45.3 Å². The normalized spacial score (nSPS) is 16.8. The molecular formula is C24H34N4O3. The monoisotopic (exact) mass is 426 g/mol. The van der Waals surface area contributed by atoms with Crippen molar-refractivity contribution in [3.63, 3.8) is 0 Å². The number of ether oxygens (including phenoxy) is 3. The molecule has 168 valence electrons. The summed E-state index contributed by atoms with van der Waals surface area (Å²) in [6, 6.07) is 12.6. The Balaban J connectivity index is 1.52. The van der Waals surface area contributed by atoms with Gasteiger partial charge in [-0.2, -0.15) is 0 Å². The van der Waals surface area contributed by atoms with Gasteiger partial charge in [0.2, 0.25) is 0 Å².